The maximum absolute atomic E-state index is 5.02. The number of aromatic nitrogens is 3. The summed E-state index contributed by atoms with van der Waals surface area (Å²) in [4.78, 5) is 14.3. The maximum Gasteiger partial charge on any atom is 0.164 e. The van der Waals surface area contributed by atoms with Crippen molar-refractivity contribution < 1.29 is 0 Å². The van der Waals surface area contributed by atoms with Crippen molar-refractivity contribution in [3.63, 3.8) is 0 Å². The maximum atomic E-state index is 5.02. The first-order chi connectivity index (χ1) is 18.7. The topological polar surface area (TPSA) is 38.7 Å². The molecule has 0 fully saturated rings. The second-order valence-electron chi connectivity index (χ2n) is 9.44. The molecular formula is C34H23N3S. The smallest absolute Gasteiger partial charge is 0.164 e. The van der Waals surface area contributed by atoms with Gasteiger partial charge in [-0.05, 0) is 59.5 Å². The average molecular weight is 506 g/mol. The first-order valence-electron chi connectivity index (χ1n) is 12.6. The molecule has 0 amide bonds. The van der Waals surface area contributed by atoms with Gasteiger partial charge in [0.25, 0.3) is 0 Å². The van der Waals surface area contributed by atoms with Crippen LogP contribution in [0.1, 0.15) is 5.56 Å². The molecule has 0 atom stereocenters. The van der Waals surface area contributed by atoms with Crippen LogP contribution >= 0.6 is 11.3 Å². The van der Waals surface area contributed by atoms with Gasteiger partial charge in [-0.15, -0.1) is 11.3 Å². The molecular weight excluding hydrogens is 482 g/mol. The highest BCUT2D eigenvalue weighted by molar-refractivity contribution is 7.25. The van der Waals surface area contributed by atoms with Crippen LogP contribution in [0, 0.1) is 6.92 Å². The molecule has 5 aromatic carbocycles. The van der Waals surface area contributed by atoms with Gasteiger partial charge in [0, 0.05) is 31.3 Å². The van der Waals surface area contributed by atoms with Crippen LogP contribution in [0.3, 0.4) is 0 Å². The normalized spacial score (nSPS) is 11.3. The summed E-state index contributed by atoms with van der Waals surface area (Å²) < 4.78 is 2.50. The van der Waals surface area contributed by atoms with Gasteiger partial charge < -0.3 is 0 Å². The first kappa shape index (κ1) is 22.5. The number of fused-ring (bicyclic) bond motifs is 3. The van der Waals surface area contributed by atoms with Crippen molar-refractivity contribution in [1.82, 2.24) is 15.0 Å². The van der Waals surface area contributed by atoms with E-state index in [4.69, 9.17) is 4.98 Å². The highest BCUT2D eigenvalue weighted by Crippen LogP contribution is 2.39. The highest BCUT2D eigenvalue weighted by atomic mass is 32.1. The van der Waals surface area contributed by atoms with Gasteiger partial charge in [-0.2, -0.15) is 0 Å². The molecule has 2 heterocycles. The number of rotatable bonds is 4. The second-order valence-corrected chi connectivity index (χ2v) is 10.5. The lowest BCUT2D eigenvalue weighted by Gasteiger charge is -2.11. The molecule has 0 saturated heterocycles. The lowest BCUT2D eigenvalue weighted by atomic mass is 9.95. The van der Waals surface area contributed by atoms with Gasteiger partial charge in [0.05, 0.1) is 0 Å². The van der Waals surface area contributed by atoms with E-state index in [9.17, 15) is 0 Å². The number of nitrogens with zero attached hydrogens (tertiary/aromatic N) is 3. The minimum Gasteiger partial charge on any atom is -0.217 e. The molecule has 0 bridgehead atoms. The third-order valence-electron chi connectivity index (χ3n) is 6.90. The van der Waals surface area contributed by atoms with Crippen molar-refractivity contribution in [2.45, 2.75) is 6.92 Å². The molecule has 0 aliphatic heterocycles. The fourth-order valence-corrected chi connectivity index (χ4v) is 6.12. The lowest BCUT2D eigenvalue weighted by Crippen LogP contribution is -1.96. The Labute approximate surface area is 225 Å². The third kappa shape index (κ3) is 4.05. The van der Waals surface area contributed by atoms with Crippen molar-refractivity contribution in [3.05, 3.63) is 127 Å². The van der Waals surface area contributed by atoms with Crippen molar-refractivity contribution in [3.8, 4) is 45.0 Å². The number of aryl methyl sites for hydroxylation is 1. The summed E-state index contributed by atoms with van der Waals surface area (Å²) in [5, 5.41) is 2.43. The van der Waals surface area contributed by atoms with Crippen molar-refractivity contribution in [2.24, 2.45) is 0 Å². The SMILES string of the molecule is Cc1ccc(-c2cc(-c3ccccc3)cc(-c3ncnc(-c4cccc5sc6ccccc6c45)n3)c2)cc1. The van der Waals surface area contributed by atoms with Gasteiger partial charge in [-0.1, -0.05) is 90.5 Å². The second kappa shape index (κ2) is 9.33. The van der Waals surface area contributed by atoms with E-state index in [-0.39, 0.29) is 0 Å². The Kier molecular flexibility index (Phi) is 5.53. The minimum absolute atomic E-state index is 0.665. The Balaban J connectivity index is 1.41. The van der Waals surface area contributed by atoms with E-state index in [0.29, 0.717) is 11.6 Å². The van der Waals surface area contributed by atoms with Gasteiger partial charge in [0.15, 0.2) is 11.6 Å². The number of hydrogen-bond acceptors (Lipinski definition) is 4. The molecule has 2 aromatic heterocycles. The van der Waals surface area contributed by atoms with Crippen LogP contribution in [-0.2, 0) is 0 Å². The molecule has 0 N–H and O–H groups in total. The summed E-state index contributed by atoms with van der Waals surface area (Å²) in [6.45, 7) is 2.11. The molecule has 7 rings (SSSR count). The lowest BCUT2D eigenvalue weighted by molar-refractivity contribution is 1.07. The van der Waals surface area contributed by atoms with Crippen molar-refractivity contribution in [1.29, 1.82) is 0 Å². The summed E-state index contributed by atoms with van der Waals surface area (Å²) in [7, 11) is 0. The molecule has 0 radical (unpaired) electrons. The van der Waals surface area contributed by atoms with E-state index in [1.54, 1.807) is 17.7 Å². The summed E-state index contributed by atoms with van der Waals surface area (Å²) in [6.07, 6.45) is 1.63. The van der Waals surface area contributed by atoms with Crippen LogP contribution in [-0.4, -0.2) is 15.0 Å². The summed E-state index contributed by atoms with van der Waals surface area (Å²) in [5.41, 5.74) is 7.82. The molecule has 38 heavy (non-hydrogen) atoms. The van der Waals surface area contributed by atoms with E-state index in [0.717, 1.165) is 27.8 Å². The van der Waals surface area contributed by atoms with Crippen molar-refractivity contribution in [2.75, 3.05) is 0 Å². The molecule has 7 aromatic rings. The summed E-state index contributed by atoms with van der Waals surface area (Å²) in [6, 6.07) is 40.6. The monoisotopic (exact) mass is 505 g/mol. The molecule has 3 nitrogen and oxygen atoms in total. The predicted molar refractivity (Wildman–Crippen MR) is 159 cm³/mol. The van der Waals surface area contributed by atoms with E-state index in [2.05, 4.69) is 126 Å². The fourth-order valence-electron chi connectivity index (χ4n) is 4.99. The van der Waals surface area contributed by atoms with E-state index < -0.39 is 0 Å². The van der Waals surface area contributed by atoms with Crippen LogP contribution in [0.15, 0.2) is 122 Å². The standard InChI is InChI=1S/C34H23N3S/c1-22-14-16-24(17-15-22)26-18-25(23-8-3-2-4-9-23)19-27(20-26)33-35-21-36-34(37-33)29-11-7-13-31-32(29)28-10-5-6-12-30(28)38-31/h2-21H,1H3. The average Bonchev–Trinajstić information content (AvgIpc) is 3.37. The van der Waals surface area contributed by atoms with Gasteiger partial charge in [-0.25, -0.2) is 15.0 Å². The minimum atomic E-state index is 0.665. The zero-order chi connectivity index (χ0) is 25.5. The molecule has 0 unspecified atom stereocenters. The molecule has 180 valence electrons. The van der Waals surface area contributed by atoms with Gasteiger partial charge in [0.2, 0.25) is 0 Å². The van der Waals surface area contributed by atoms with E-state index in [1.807, 2.05) is 6.07 Å². The van der Waals surface area contributed by atoms with Crippen LogP contribution in [0.2, 0.25) is 0 Å². The third-order valence-corrected chi connectivity index (χ3v) is 8.03. The molecule has 0 aliphatic carbocycles. The zero-order valence-electron chi connectivity index (χ0n) is 20.8. The Morgan fingerprint density at radius 3 is 2.00 bits per heavy atom. The Bertz CT molecular complexity index is 1920. The van der Waals surface area contributed by atoms with Crippen LogP contribution < -0.4 is 0 Å². The van der Waals surface area contributed by atoms with Crippen LogP contribution in [0.5, 0.6) is 0 Å². The molecule has 0 saturated carbocycles. The highest BCUT2D eigenvalue weighted by Gasteiger charge is 2.15. The summed E-state index contributed by atoms with van der Waals surface area (Å²) >= 11 is 1.80. The number of benzene rings is 5. The van der Waals surface area contributed by atoms with Gasteiger partial charge in [-0.3, -0.25) is 0 Å². The van der Waals surface area contributed by atoms with Crippen LogP contribution in [0.25, 0.3) is 65.2 Å². The van der Waals surface area contributed by atoms with Crippen LogP contribution in [0.4, 0.5) is 0 Å². The van der Waals surface area contributed by atoms with E-state index in [1.165, 1.54) is 31.3 Å². The molecule has 0 spiro atoms. The molecule has 0 aliphatic rings. The number of hydrogen-bond donors (Lipinski definition) is 0. The fraction of sp³-hybridized carbons (Fsp3) is 0.0294. The largest absolute Gasteiger partial charge is 0.217 e. The quantitative estimate of drug-likeness (QED) is 0.239. The first-order valence-corrected chi connectivity index (χ1v) is 13.4. The zero-order valence-corrected chi connectivity index (χ0v) is 21.6. The van der Waals surface area contributed by atoms with E-state index >= 15 is 0 Å². The van der Waals surface area contributed by atoms with Crippen molar-refractivity contribution >= 4 is 31.5 Å². The Morgan fingerprint density at radius 2 is 1.18 bits per heavy atom. The van der Waals surface area contributed by atoms with Gasteiger partial charge >= 0.3 is 0 Å². The predicted octanol–water partition coefficient (Wildman–Crippen LogP) is 9.22. The molecule has 4 heteroatoms. The Morgan fingerprint density at radius 1 is 0.526 bits per heavy atom. The Hall–Kier alpha value is -4.67. The van der Waals surface area contributed by atoms with Gasteiger partial charge in [0.1, 0.15) is 6.33 Å². The summed E-state index contributed by atoms with van der Waals surface area (Å²) in [5.74, 6) is 1.35. The number of thiophene rings is 1.